The first-order chi connectivity index (χ1) is 14.8. The number of hydrogen-bond donors (Lipinski definition) is 4. The Morgan fingerprint density at radius 1 is 1.03 bits per heavy atom. The van der Waals surface area contributed by atoms with E-state index in [2.05, 4.69) is 20.9 Å². The minimum atomic E-state index is -0.333. The molecule has 0 saturated carbocycles. The van der Waals surface area contributed by atoms with E-state index in [9.17, 15) is 4.79 Å². The van der Waals surface area contributed by atoms with Gasteiger partial charge in [-0.05, 0) is 43.2 Å². The number of carbonyl (C=O) groups excluding carboxylic acids is 1. The number of carbonyl (C=O) groups is 1. The number of benzene rings is 2. The van der Waals surface area contributed by atoms with E-state index in [0.717, 1.165) is 24.2 Å². The van der Waals surface area contributed by atoms with Gasteiger partial charge < -0.3 is 21.7 Å². The fourth-order valence-electron chi connectivity index (χ4n) is 2.98. The number of amides is 1. The summed E-state index contributed by atoms with van der Waals surface area (Å²) in [6.45, 7) is 1.22. The highest BCUT2D eigenvalue weighted by molar-refractivity contribution is 6.42. The van der Waals surface area contributed by atoms with Crippen molar-refractivity contribution >= 4 is 58.3 Å². The summed E-state index contributed by atoms with van der Waals surface area (Å²) in [6.07, 6.45) is 3.53. The molecule has 1 heterocycles. The van der Waals surface area contributed by atoms with Crippen molar-refractivity contribution in [2.75, 3.05) is 13.1 Å². The summed E-state index contributed by atoms with van der Waals surface area (Å²) >= 11 is 24.2. The third-order valence-corrected chi connectivity index (χ3v) is 6.12. The van der Waals surface area contributed by atoms with Gasteiger partial charge in [0, 0.05) is 24.2 Å². The smallest absolute Gasteiger partial charge is 0.251 e. The predicted octanol–water partition coefficient (Wildman–Crippen LogP) is 4.90. The Hall–Kier alpha value is -2.12. The Morgan fingerprint density at radius 2 is 1.81 bits per heavy atom. The molecule has 0 bridgehead atoms. The second-order valence-electron chi connectivity index (χ2n) is 6.83. The van der Waals surface area contributed by atoms with Crippen molar-refractivity contribution in [3.8, 4) is 0 Å². The topological polar surface area (TPSA) is 91.5 Å². The molecule has 1 unspecified atom stereocenters. The maximum Gasteiger partial charge on any atom is 0.251 e. The number of hydrogen-bond acceptors (Lipinski definition) is 5. The molecule has 0 aliphatic carbocycles. The van der Waals surface area contributed by atoms with E-state index in [-0.39, 0.29) is 11.9 Å². The van der Waals surface area contributed by atoms with Crippen LogP contribution in [0.5, 0.6) is 0 Å². The number of aliphatic imine (C=N–C) groups is 1. The highest BCUT2D eigenvalue weighted by Gasteiger charge is 2.19. The standard InChI is InChI=1S/C21H21Cl4N5O/c22-14-7-6-12(10-16(14)24)20(31)28-9-2-1-8-27-18-11-17(29-21(26)30-18)13-4-3-5-15(23)19(13)25/h3-7,10-11,17,27H,1-2,8-9H2,(H,28,31)(H3,26,29,30). The van der Waals surface area contributed by atoms with E-state index < -0.39 is 0 Å². The average molecular weight is 501 g/mol. The summed E-state index contributed by atoms with van der Waals surface area (Å²) in [5.41, 5.74) is 7.18. The van der Waals surface area contributed by atoms with Crippen molar-refractivity contribution < 1.29 is 4.79 Å². The van der Waals surface area contributed by atoms with Crippen LogP contribution in [0.1, 0.15) is 34.8 Å². The zero-order chi connectivity index (χ0) is 22.4. The molecule has 5 N–H and O–H groups in total. The largest absolute Gasteiger partial charge is 0.372 e. The van der Waals surface area contributed by atoms with Gasteiger partial charge >= 0.3 is 0 Å². The Morgan fingerprint density at radius 3 is 2.58 bits per heavy atom. The van der Waals surface area contributed by atoms with Gasteiger partial charge in [0.25, 0.3) is 5.91 Å². The zero-order valence-electron chi connectivity index (χ0n) is 16.4. The number of nitrogens with one attached hydrogen (secondary N) is 3. The van der Waals surface area contributed by atoms with Crippen molar-refractivity contribution in [1.29, 1.82) is 0 Å². The second kappa shape index (κ2) is 11.0. The molecule has 2 aromatic rings. The van der Waals surface area contributed by atoms with Gasteiger partial charge in [-0.1, -0.05) is 58.5 Å². The van der Waals surface area contributed by atoms with Gasteiger partial charge in [0.15, 0.2) is 5.96 Å². The molecule has 0 aromatic heterocycles. The molecule has 0 saturated heterocycles. The van der Waals surface area contributed by atoms with Crippen molar-refractivity contribution in [1.82, 2.24) is 16.0 Å². The molecule has 6 nitrogen and oxygen atoms in total. The number of rotatable bonds is 8. The van der Waals surface area contributed by atoms with Crippen LogP contribution in [0.15, 0.2) is 53.3 Å². The fourth-order valence-corrected chi connectivity index (χ4v) is 3.70. The highest BCUT2D eigenvalue weighted by Crippen LogP contribution is 2.33. The molecule has 1 aliphatic rings. The molecule has 0 fully saturated rings. The number of halogens is 4. The van der Waals surface area contributed by atoms with Crippen molar-refractivity contribution in [3.05, 3.63) is 79.5 Å². The lowest BCUT2D eigenvalue weighted by Crippen LogP contribution is -2.40. The summed E-state index contributed by atoms with van der Waals surface area (Å²) in [7, 11) is 0. The molecule has 0 spiro atoms. The molecular weight excluding hydrogens is 480 g/mol. The van der Waals surface area contributed by atoms with Gasteiger partial charge in [0.2, 0.25) is 0 Å². The molecule has 1 atom stereocenters. The van der Waals surface area contributed by atoms with Crippen LogP contribution >= 0.6 is 46.4 Å². The Balaban J connectivity index is 1.45. The van der Waals surface area contributed by atoms with E-state index in [1.165, 1.54) is 0 Å². The van der Waals surface area contributed by atoms with Crippen LogP contribution in [0.4, 0.5) is 0 Å². The molecule has 3 rings (SSSR count). The molecule has 1 amide bonds. The zero-order valence-corrected chi connectivity index (χ0v) is 19.4. The van der Waals surface area contributed by atoms with Crippen LogP contribution in [0.3, 0.4) is 0 Å². The van der Waals surface area contributed by atoms with Crippen LogP contribution in [0.25, 0.3) is 0 Å². The minimum Gasteiger partial charge on any atom is -0.372 e. The summed E-state index contributed by atoms with van der Waals surface area (Å²) in [5.74, 6) is 0.849. The van der Waals surface area contributed by atoms with Gasteiger partial charge in [0.05, 0.1) is 20.1 Å². The first kappa shape index (κ1) is 23.5. The summed E-state index contributed by atoms with van der Waals surface area (Å²) in [4.78, 5) is 16.5. The van der Waals surface area contributed by atoms with Crippen molar-refractivity contribution in [2.45, 2.75) is 18.9 Å². The number of nitrogens with two attached hydrogens (primary N) is 1. The summed E-state index contributed by atoms with van der Waals surface area (Å²) < 4.78 is 0. The summed E-state index contributed by atoms with van der Waals surface area (Å²) in [5, 5.41) is 10.9. The summed E-state index contributed by atoms with van der Waals surface area (Å²) in [6, 6.07) is 9.88. The molecule has 0 radical (unpaired) electrons. The van der Waals surface area contributed by atoms with E-state index in [1.807, 2.05) is 18.2 Å². The molecule has 31 heavy (non-hydrogen) atoms. The van der Waals surface area contributed by atoms with Crippen molar-refractivity contribution in [2.24, 2.45) is 10.7 Å². The minimum absolute atomic E-state index is 0.187. The van der Waals surface area contributed by atoms with Crippen LogP contribution in [-0.2, 0) is 0 Å². The third kappa shape index (κ3) is 6.43. The van der Waals surface area contributed by atoms with Crippen LogP contribution in [0.2, 0.25) is 20.1 Å². The van der Waals surface area contributed by atoms with Gasteiger partial charge in [-0.15, -0.1) is 0 Å². The van der Waals surface area contributed by atoms with Gasteiger partial charge in [0.1, 0.15) is 11.9 Å². The van der Waals surface area contributed by atoms with Crippen LogP contribution in [0, 0.1) is 0 Å². The lowest BCUT2D eigenvalue weighted by Gasteiger charge is -2.22. The van der Waals surface area contributed by atoms with Gasteiger partial charge in [-0.2, -0.15) is 0 Å². The quantitative estimate of drug-likeness (QED) is 0.388. The molecule has 1 aliphatic heterocycles. The molecule has 164 valence electrons. The van der Waals surface area contributed by atoms with Crippen LogP contribution in [-0.4, -0.2) is 25.0 Å². The number of guanidine groups is 1. The monoisotopic (exact) mass is 499 g/mol. The SMILES string of the molecule is NC1=NC(c2cccc(Cl)c2Cl)C=C(NCCCCNC(=O)c2ccc(Cl)c(Cl)c2)N1. The van der Waals surface area contributed by atoms with Gasteiger partial charge in [-0.3, -0.25) is 4.79 Å². The molecule has 10 heteroatoms. The average Bonchev–Trinajstić information content (AvgIpc) is 2.74. The van der Waals surface area contributed by atoms with E-state index in [1.54, 1.807) is 24.3 Å². The highest BCUT2D eigenvalue weighted by atomic mass is 35.5. The lowest BCUT2D eigenvalue weighted by molar-refractivity contribution is 0.0953. The Bertz CT molecular complexity index is 1020. The number of nitrogens with zero attached hydrogens (tertiary/aromatic N) is 1. The maximum absolute atomic E-state index is 12.2. The predicted molar refractivity (Wildman–Crippen MR) is 128 cm³/mol. The third-order valence-electron chi connectivity index (χ3n) is 4.55. The normalized spacial score (nSPS) is 15.5. The Kier molecular flexibility index (Phi) is 8.32. The van der Waals surface area contributed by atoms with Gasteiger partial charge in [-0.25, -0.2) is 4.99 Å². The Labute approximate surface area is 200 Å². The fraction of sp³-hybridized carbons (Fsp3) is 0.238. The first-order valence-corrected chi connectivity index (χ1v) is 11.1. The first-order valence-electron chi connectivity index (χ1n) is 9.58. The van der Waals surface area contributed by atoms with Crippen molar-refractivity contribution in [3.63, 3.8) is 0 Å². The lowest BCUT2D eigenvalue weighted by atomic mass is 10.1. The van der Waals surface area contributed by atoms with Crippen LogP contribution < -0.4 is 21.7 Å². The molecular formula is C21H21Cl4N5O. The maximum atomic E-state index is 12.2. The van der Waals surface area contributed by atoms with E-state index >= 15 is 0 Å². The van der Waals surface area contributed by atoms with E-state index in [4.69, 9.17) is 52.1 Å². The van der Waals surface area contributed by atoms with E-state index in [0.29, 0.717) is 44.7 Å². The second-order valence-corrected chi connectivity index (χ2v) is 8.43. The number of unbranched alkanes of at least 4 members (excludes halogenated alkanes) is 1. The molecule has 2 aromatic carbocycles.